The highest BCUT2D eigenvalue weighted by molar-refractivity contribution is 5.79. The third-order valence-corrected chi connectivity index (χ3v) is 3.78. The average Bonchev–Trinajstić information content (AvgIpc) is 2.56. The molecule has 2 aromatic carbocycles. The van der Waals surface area contributed by atoms with Crippen LogP contribution in [0.5, 0.6) is 23.0 Å². The highest BCUT2D eigenvalue weighted by Gasteiger charge is 2.06. The first kappa shape index (κ1) is 17.7. The average molecular weight is 329 g/mol. The summed E-state index contributed by atoms with van der Waals surface area (Å²) in [6.45, 7) is 0. The quantitative estimate of drug-likeness (QED) is 0.440. The van der Waals surface area contributed by atoms with Crippen LogP contribution < -0.4 is 0 Å². The van der Waals surface area contributed by atoms with Gasteiger partial charge in [-0.25, -0.2) is 0 Å². The van der Waals surface area contributed by atoms with E-state index in [0.717, 1.165) is 11.1 Å². The lowest BCUT2D eigenvalue weighted by Crippen LogP contribution is -2.01. The van der Waals surface area contributed by atoms with Gasteiger partial charge in [0.05, 0.1) is 0 Å². The lowest BCUT2D eigenvalue weighted by atomic mass is 10.0. The Morgan fingerprint density at radius 3 is 1.88 bits per heavy atom. The molecule has 0 amide bonds. The van der Waals surface area contributed by atoms with Crippen LogP contribution >= 0.6 is 0 Å². The van der Waals surface area contributed by atoms with Crippen molar-refractivity contribution < 1.29 is 25.2 Å². The van der Waals surface area contributed by atoms with Crippen LogP contribution in [0.3, 0.4) is 0 Å². The first-order valence-electron chi connectivity index (χ1n) is 7.81. The second-order valence-corrected chi connectivity index (χ2v) is 5.72. The normalized spacial score (nSPS) is 10.7. The topological polar surface area (TPSA) is 98.0 Å². The molecule has 2 rings (SSSR count). The summed E-state index contributed by atoms with van der Waals surface area (Å²) in [7, 11) is 0. The van der Waals surface area contributed by atoms with Crippen LogP contribution in [0.1, 0.15) is 30.4 Å². The molecule has 0 aliphatic rings. The van der Waals surface area contributed by atoms with Crippen LogP contribution in [0.2, 0.25) is 0 Å². The molecule has 0 saturated carbocycles. The lowest BCUT2D eigenvalue weighted by molar-refractivity contribution is -0.118. The fraction of sp³-hybridized carbons (Fsp3) is 0.263. The Kier molecular flexibility index (Phi) is 6.07. The van der Waals surface area contributed by atoms with E-state index in [1.54, 1.807) is 12.1 Å². The fourth-order valence-electron chi connectivity index (χ4n) is 2.37. The molecule has 0 aromatic heterocycles. The molecule has 0 aliphatic heterocycles. The molecule has 0 aliphatic carbocycles. The molecular weight excluding hydrogens is 308 g/mol. The van der Waals surface area contributed by atoms with Crippen LogP contribution in [0.25, 0.3) is 0 Å². The van der Waals surface area contributed by atoms with Crippen molar-refractivity contribution >= 4 is 5.78 Å². The highest BCUT2D eigenvalue weighted by atomic mass is 16.3. The Morgan fingerprint density at radius 2 is 1.33 bits per heavy atom. The Labute approximate surface area is 140 Å². The predicted octanol–water partition coefficient (Wildman–Crippen LogP) is 3.24. The highest BCUT2D eigenvalue weighted by Crippen LogP contribution is 2.26. The lowest BCUT2D eigenvalue weighted by Gasteiger charge is -2.05. The molecular formula is C19H21O5. The number of hydrogen-bond donors (Lipinski definition) is 4. The number of unbranched alkanes of at least 4 members (excludes halogenated alkanes) is 1. The van der Waals surface area contributed by atoms with Crippen molar-refractivity contribution in [2.24, 2.45) is 0 Å². The molecule has 0 spiro atoms. The summed E-state index contributed by atoms with van der Waals surface area (Å²) in [6, 6.07) is 9.26. The third-order valence-electron chi connectivity index (χ3n) is 3.78. The molecule has 5 nitrogen and oxygen atoms in total. The summed E-state index contributed by atoms with van der Waals surface area (Å²) in [5.41, 5.74) is 1.70. The maximum Gasteiger partial charge on any atom is 0.157 e. The molecule has 127 valence electrons. The van der Waals surface area contributed by atoms with E-state index in [0.29, 0.717) is 32.1 Å². The van der Waals surface area contributed by atoms with Gasteiger partial charge >= 0.3 is 0 Å². The summed E-state index contributed by atoms with van der Waals surface area (Å²) < 4.78 is 0. The summed E-state index contributed by atoms with van der Waals surface area (Å²) in [5.74, 6) is -0.516. The van der Waals surface area contributed by atoms with Crippen LogP contribution in [0, 0.1) is 6.42 Å². The van der Waals surface area contributed by atoms with E-state index in [-0.39, 0.29) is 28.8 Å². The van der Waals surface area contributed by atoms with E-state index in [1.807, 2.05) is 6.42 Å². The van der Waals surface area contributed by atoms with Gasteiger partial charge in [-0.3, -0.25) is 4.79 Å². The van der Waals surface area contributed by atoms with Crippen LogP contribution in [-0.4, -0.2) is 26.2 Å². The minimum absolute atomic E-state index is 0.108. The summed E-state index contributed by atoms with van der Waals surface area (Å²) in [4.78, 5) is 11.9. The van der Waals surface area contributed by atoms with Gasteiger partial charge in [0.1, 0.15) is 5.78 Å². The zero-order valence-electron chi connectivity index (χ0n) is 13.3. The first-order chi connectivity index (χ1) is 11.5. The van der Waals surface area contributed by atoms with Gasteiger partial charge < -0.3 is 20.4 Å². The number of aryl methyl sites for hydroxylation is 2. The molecule has 0 heterocycles. The Balaban J connectivity index is 1.67. The fourth-order valence-corrected chi connectivity index (χ4v) is 2.37. The van der Waals surface area contributed by atoms with Gasteiger partial charge in [-0.05, 0) is 61.1 Å². The number of rotatable bonds is 8. The number of aromatic hydroxyl groups is 4. The molecule has 0 saturated heterocycles. The summed E-state index contributed by atoms with van der Waals surface area (Å²) in [6.07, 6.45) is 4.56. The number of hydrogen-bond acceptors (Lipinski definition) is 5. The zero-order chi connectivity index (χ0) is 17.5. The zero-order valence-corrected chi connectivity index (χ0v) is 13.3. The van der Waals surface area contributed by atoms with E-state index < -0.39 is 0 Å². The molecule has 0 unspecified atom stereocenters. The number of benzene rings is 2. The minimum Gasteiger partial charge on any atom is -0.504 e. The summed E-state index contributed by atoms with van der Waals surface area (Å²) >= 11 is 0. The maximum absolute atomic E-state index is 11.9. The van der Waals surface area contributed by atoms with E-state index in [1.165, 1.54) is 24.3 Å². The van der Waals surface area contributed by atoms with Gasteiger partial charge in [0, 0.05) is 12.8 Å². The largest absolute Gasteiger partial charge is 0.504 e. The van der Waals surface area contributed by atoms with Crippen molar-refractivity contribution in [2.75, 3.05) is 0 Å². The number of ketones is 1. The first-order valence-corrected chi connectivity index (χ1v) is 7.81. The van der Waals surface area contributed by atoms with Crippen LogP contribution in [0.4, 0.5) is 0 Å². The van der Waals surface area contributed by atoms with Crippen LogP contribution in [0.15, 0.2) is 36.4 Å². The number of phenolic OH excluding ortho intramolecular Hbond substituents is 4. The van der Waals surface area contributed by atoms with E-state index in [9.17, 15) is 25.2 Å². The number of phenols is 4. The molecule has 1 radical (unpaired) electrons. The minimum atomic E-state index is -0.177. The van der Waals surface area contributed by atoms with Crippen molar-refractivity contribution in [3.8, 4) is 23.0 Å². The van der Waals surface area contributed by atoms with Gasteiger partial charge in [-0.1, -0.05) is 12.1 Å². The van der Waals surface area contributed by atoms with E-state index in [4.69, 9.17) is 0 Å². The smallest absolute Gasteiger partial charge is 0.157 e. The SMILES string of the molecule is O=C(C[CH]CCc1ccc(O)c(O)c1)CCc1ccc(O)c(O)c1. The monoisotopic (exact) mass is 329 g/mol. The van der Waals surface area contributed by atoms with Crippen molar-refractivity contribution in [3.63, 3.8) is 0 Å². The number of carbonyl (C=O) groups is 1. The van der Waals surface area contributed by atoms with Gasteiger partial charge in [-0.15, -0.1) is 0 Å². The molecule has 0 atom stereocenters. The Bertz CT molecular complexity index is 709. The second-order valence-electron chi connectivity index (χ2n) is 5.72. The van der Waals surface area contributed by atoms with Crippen molar-refractivity contribution in [3.05, 3.63) is 53.9 Å². The summed E-state index contributed by atoms with van der Waals surface area (Å²) in [5, 5.41) is 37.3. The molecule has 24 heavy (non-hydrogen) atoms. The molecule has 2 aromatic rings. The number of carbonyl (C=O) groups excluding carboxylic acids is 1. The number of Topliss-reactive ketones (excluding diaryl/α,β-unsaturated/α-hetero) is 1. The molecule has 0 bridgehead atoms. The molecule has 0 fully saturated rings. The predicted molar refractivity (Wildman–Crippen MR) is 90.1 cm³/mol. The van der Waals surface area contributed by atoms with Gasteiger partial charge in [-0.2, -0.15) is 0 Å². The van der Waals surface area contributed by atoms with Gasteiger partial charge in [0.25, 0.3) is 0 Å². The second kappa shape index (κ2) is 8.24. The molecule has 5 heteroatoms. The van der Waals surface area contributed by atoms with Crippen molar-refractivity contribution in [2.45, 2.75) is 32.1 Å². The third kappa shape index (κ3) is 5.19. The van der Waals surface area contributed by atoms with Crippen molar-refractivity contribution in [1.82, 2.24) is 0 Å². The molecule has 4 N–H and O–H groups in total. The van der Waals surface area contributed by atoms with Crippen molar-refractivity contribution in [1.29, 1.82) is 0 Å². The van der Waals surface area contributed by atoms with Gasteiger partial charge in [0.15, 0.2) is 23.0 Å². The van der Waals surface area contributed by atoms with E-state index >= 15 is 0 Å². The maximum atomic E-state index is 11.9. The standard InChI is InChI=1S/C19H21O5/c20-15(8-5-14-7-10-17(22)19(24)12-14)4-2-1-3-13-6-9-16(21)18(23)11-13/h2,6-7,9-12,21-24H,1,3-5,8H2. The van der Waals surface area contributed by atoms with E-state index in [2.05, 4.69) is 0 Å². The Hall–Kier alpha value is -2.69. The Morgan fingerprint density at radius 1 is 0.792 bits per heavy atom. The van der Waals surface area contributed by atoms with Crippen LogP contribution in [-0.2, 0) is 17.6 Å². The van der Waals surface area contributed by atoms with Gasteiger partial charge in [0.2, 0.25) is 0 Å².